The molecule has 0 aliphatic heterocycles. The average Bonchev–Trinajstić information content (AvgIpc) is 3.05. The van der Waals surface area contributed by atoms with Crippen molar-refractivity contribution in [3.05, 3.63) is 42.4 Å². The molecular formula is C13H15N5O. The summed E-state index contributed by atoms with van der Waals surface area (Å²) in [6, 6.07) is 6.00. The molecule has 6 nitrogen and oxygen atoms in total. The smallest absolute Gasteiger partial charge is 0.0671 e. The highest BCUT2D eigenvalue weighted by atomic mass is 16.3. The Morgan fingerprint density at radius 3 is 3.16 bits per heavy atom. The van der Waals surface area contributed by atoms with Crippen molar-refractivity contribution < 1.29 is 5.11 Å². The van der Waals surface area contributed by atoms with Crippen molar-refractivity contribution in [1.29, 1.82) is 0 Å². The molecule has 0 aliphatic rings. The molecule has 3 N–H and O–H groups in total. The van der Waals surface area contributed by atoms with Crippen LogP contribution >= 0.6 is 0 Å². The van der Waals surface area contributed by atoms with Crippen LogP contribution in [0, 0.1) is 0 Å². The first-order valence-electron chi connectivity index (χ1n) is 6.15. The minimum absolute atomic E-state index is 0.100. The molecule has 0 radical (unpaired) electrons. The van der Waals surface area contributed by atoms with Gasteiger partial charge in [-0.05, 0) is 12.1 Å². The molecule has 0 spiro atoms. The molecule has 98 valence electrons. The maximum atomic E-state index is 8.84. The Hall–Kier alpha value is -2.34. The second kappa shape index (κ2) is 5.11. The van der Waals surface area contributed by atoms with Crippen LogP contribution in [0.4, 0.5) is 5.69 Å². The minimum atomic E-state index is 0.100. The third-order valence-electron chi connectivity index (χ3n) is 2.98. The third-order valence-corrected chi connectivity index (χ3v) is 2.98. The van der Waals surface area contributed by atoms with Crippen LogP contribution in [-0.2, 0) is 13.1 Å². The van der Waals surface area contributed by atoms with Crippen LogP contribution in [0.1, 0.15) is 5.56 Å². The fourth-order valence-electron chi connectivity index (χ4n) is 2.04. The predicted octanol–water partition coefficient (Wildman–Crippen LogP) is 1.36. The predicted molar refractivity (Wildman–Crippen MR) is 72.7 cm³/mol. The van der Waals surface area contributed by atoms with E-state index in [0.717, 1.165) is 22.2 Å². The van der Waals surface area contributed by atoms with Gasteiger partial charge >= 0.3 is 0 Å². The number of hydrogen-bond acceptors (Lipinski definition) is 4. The first-order valence-corrected chi connectivity index (χ1v) is 6.15. The van der Waals surface area contributed by atoms with E-state index in [0.29, 0.717) is 13.1 Å². The van der Waals surface area contributed by atoms with E-state index < -0.39 is 0 Å². The Morgan fingerprint density at radius 1 is 1.32 bits per heavy atom. The lowest BCUT2D eigenvalue weighted by Crippen LogP contribution is -2.02. The molecule has 0 saturated heterocycles. The summed E-state index contributed by atoms with van der Waals surface area (Å²) in [5.74, 6) is 0. The third kappa shape index (κ3) is 2.43. The lowest BCUT2D eigenvalue weighted by atomic mass is 10.2. The van der Waals surface area contributed by atoms with Crippen molar-refractivity contribution in [2.24, 2.45) is 0 Å². The second-order valence-corrected chi connectivity index (χ2v) is 4.33. The van der Waals surface area contributed by atoms with Crippen LogP contribution in [0.3, 0.4) is 0 Å². The van der Waals surface area contributed by atoms with E-state index in [1.807, 2.05) is 30.6 Å². The zero-order chi connectivity index (χ0) is 13.1. The first kappa shape index (κ1) is 11.7. The summed E-state index contributed by atoms with van der Waals surface area (Å²) in [5, 5.41) is 24.4. The number of aliphatic hydroxyl groups excluding tert-OH is 1. The van der Waals surface area contributed by atoms with Gasteiger partial charge in [-0.25, -0.2) is 0 Å². The summed E-state index contributed by atoms with van der Waals surface area (Å²) in [5.41, 5.74) is 3.14. The molecule has 2 aromatic heterocycles. The topological polar surface area (TPSA) is 78.8 Å². The van der Waals surface area contributed by atoms with Crippen molar-refractivity contribution in [3.63, 3.8) is 0 Å². The summed E-state index contributed by atoms with van der Waals surface area (Å²) < 4.78 is 1.73. The molecule has 0 aliphatic carbocycles. The lowest BCUT2D eigenvalue weighted by Gasteiger charge is -2.05. The molecule has 6 heteroatoms. The highest BCUT2D eigenvalue weighted by molar-refractivity contribution is 5.90. The van der Waals surface area contributed by atoms with Gasteiger partial charge in [-0.2, -0.15) is 10.2 Å². The zero-order valence-electron chi connectivity index (χ0n) is 10.4. The van der Waals surface area contributed by atoms with E-state index >= 15 is 0 Å². The summed E-state index contributed by atoms with van der Waals surface area (Å²) >= 11 is 0. The summed E-state index contributed by atoms with van der Waals surface area (Å²) in [6.45, 7) is 1.32. The first-order chi connectivity index (χ1) is 9.36. The average molecular weight is 257 g/mol. The fraction of sp³-hybridized carbons (Fsp3) is 0.231. The van der Waals surface area contributed by atoms with Crippen LogP contribution in [0.2, 0.25) is 0 Å². The monoisotopic (exact) mass is 257 g/mol. The van der Waals surface area contributed by atoms with Crippen LogP contribution < -0.4 is 5.32 Å². The molecule has 0 amide bonds. The highest BCUT2D eigenvalue weighted by Crippen LogP contribution is 2.21. The van der Waals surface area contributed by atoms with Gasteiger partial charge in [0.1, 0.15) is 0 Å². The van der Waals surface area contributed by atoms with E-state index in [1.165, 1.54) is 0 Å². The van der Waals surface area contributed by atoms with Crippen molar-refractivity contribution in [2.45, 2.75) is 13.1 Å². The summed E-state index contributed by atoms with van der Waals surface area (Å²) in [7, 11) is 0. The molecule has 19 heavy (non-hydrogen) atoms. The van der Waals surface area contributed by atoms with Crippen LogP contribution in [-0.4, -0.2) is 31.7 Å². The Bertz CT molecular complexity index is 672. The normalized spacial score (nSPS) is 11.0. The van der Waals surface area contributed by atoms with Gasteiger partial charge in [-0.1, -0.05) is 6.07 Å². The number of nitrogens with one attached hydrogen (secondary N) is 2. The SMILES string of the molecule is OCCn1cc(CNc2cccc3[nH]ncc23)cn1. The molecule has 3 rings (SSSR count). The van der Waals surface area contributed by atoms with Crippen LogP contribution in [0.15, 0.2) is 36.8 Å². The van der Waals surface area contributed by atoms with Gasteiger partial charge in [0.05, 0.1) is 31.1 Å². The maximum absolute atomic E-state index is 8.84. The summed E-state index contributed by atoms with van der Waals surface area (Å²) in [4.78, 5) is 0. The minimum Gasteiger partial charge on any atom is -0.394 e. The Morgan fingerprint density at radius 2 is 2.26 bits per heavy atom. The van der Waals surface area contributed by atoms with Gasteiger partial charge in [0.2, 0.25) is 0 Å². The number of aromatic nitrogens is 4. The molecule has 0 saturated carbocycles. The maximum Gasteiger partial charge on any atom is 0.0671 e. The Kier molecular flexibility index (Phi) is 3.16. The van der Waals surface area contributed by atoms with Crippen LogP contribution in [0.5, 0.6) is 0 Å². The second-order valence-electron chi connectivity index (χ2n) is 4.33. The number of nitrogens with zero attached hydrogens (tertiary/aromatic N) is 3. The Labute approximate surface area is 110 Å². The quantitative estimate of drug-likeness (QED) is 0.645. The van der Waals surface area contributed by atoms with Crippen LogP contribution in [0.25, 0.3) is 10.9 Å². The van der Waals surface area contributed by atoms with E-state index in [-0.39, 0.29) is 6.61 Å². The number of aromatic amines is 1. The number of anilines is 1. The highest BCUT2D eigenvalue weighted by Gasteiger charge is 2.03. The molecular weight excluding hydrogens is 242 g/mol. The number of fused-ring (bicyclic) bond motifs is 1. The largest absolute Gasteiger partial charge is 0.394 e. The van der Waals surface area contributed by atoms with Gasteiger partial charge in [0, 0.05) is 29.4 Å². The number of hydrogen-bond donors (Lipinski definition) is 3. The molecule has 0 bridgehead atoms. The van der Waals surface area contributed by atoms with Crippen molar-refractivity contribution in [2.75, 3.05) is 11.9 Å². The number of rotatable bonds is 5. The molecule has 0 unspecified atom stereocenters. The lowest BCUT2D eigenvalue weighted by molar-refractivity contribution is 0.269. The van der Waals surface area contributed by atoms with Gasteiger partial charge in [-0.3, -0.25) is 9.78 Å². The molecule has 1 aromatic carbocycles. The fourth-order valence-corrected chi connectivity index (χ4v) is 2.04. The van der Waals surface area contributed by atoms with Crippen molar-refractivity contribution in [1.82, 2.24) is 20.0 Å². The molecule has 2 heterocycles. The van der Waals surface area contributed by atoms with Gasteiger partial charge in [0.15, 0.2) is 0 Å². The molecule has 3 aromatic rings. The van der Waals surface area contributed by atoms with E-state index in [4.69, 9.17) is 5.11 Å². The van der Waals surface area contributed by atoms with E-state index in [2.05, 4.69) is 20.6 Å². The zero-order valence-corrected chi connectivity index (χ0v) is 10.4. The van der Waals surface area contributed by atoms with Gasteiger partial charge in [-0.15, -0.1) is 0 Å². The van der Waals surface area contributed by atoms with Crippen molar-refractivity contribution in [3.8, 4) is 0 Å². The molecule has 0 atom stereocenters. The number of aliphatic hydroxyl groups is 1. The Balaban J connectivity index is 1.73. The van der Waals surface area contributed by atoms with Crippen molar-refractivity contribution >= 4 is 16.6 Å². The standard InChI is InChI=1S/C13H15N5O/c19-5-4-18-9-10(7-16-18)6-14-12-2-1-3-13-11(12)8-15-17-13/h1-3,7-9,14,19H,4-6H2,(H,15,17). The number of H-pyrrole nitrogens is 1. The van der Waals surface area contributed by atoms with E-state index in [1.54, 1.807) is 10.9 Å². The van der Waals surface area contributed by atoms with Gasteiger partial charge in [0.25, 0.3) is 0 Å². The van der Waals surface area contributed by atoms with Gasteiger partial charge < -0.3 is 10.4 Å². The number of benzene rings is 1. The summed E-state index contributed by atoms with van der Waals surface area (Å²) in [6.07, 6.45) is 5.55. The molecule has 0 fully saturated rings. The van der Waals surface area contributed by atoms with E-state index in [9.17, 15) is 0 Å².